The number of nitrogens with zero attached hydrogens (tertiary/aromatic N) is 1. The molecule has 0 atom stereocenters. The van der Waals surface area contributed by atoms with Crippen molar-refractivity contribution >= 4 is 0 Å². The molecule has 0 heterocycles. The smallest absolute Gasteiger partial charge is 0.137 e. The molecule has 0 unspecified atom stereocenters. The van der Waals surface area contributed by atoms with E-state index in [9.17, 15) is 0 Å². The van der Waals surface area contributed by atoms with E-state index < -0.39 is 0 Å². The molecule has 0 aliphatic rings. The van der Waals surface area contributed by atoms with Gasteiger partial charge in [-0.25, -0.2) is 0 Å². The monoisotopic (exact) mass is 425 g/mol. The van der Waals surface area contributed by atoms with Crippen LogP contribution in [0, 0.1) is 0 Å². The van der Waals surface area contributed by atoms with Gasteiger partial charge >= 0.3 is 0 Å². The molecule has 0 aliphatic heterocycles. The highest BCUT2D eigenvalue weighted by Gasteiger charge is 2.14. The number of unbranched alkanes of at least 4 members (excludes halogenated alkanes) is 13. The zero-order chi connectivity index (χ0) is 20.3. The number of quaternary nitrogens is 1. The lowest BCUT2D eigenvalue weighted by atomic mass is 10.0. The first-order chi connectivity index (χ1) is 13.6. The molecule has 1 aromatic rings. The predicted octanol–water partition coefficient (Wildman–Crippen LogP) is 4.63. The molecule has 0 amide bonds. The van der Waals surface area contributed by atoms with Crippen LogP contribution < -0.4 is 17.1 Å². The summed E-state index contributed by atoms with van der Waals surface area (Å²) in [5.74, 6) is 0.985. The van der Waals surface area contributed by atoms with E-state index in [1.54, 1.807) is 0 Å². The lowest BCUT2D eigenvalue weighted by Gasteiger charge is -2.29. The molecular weight excluding hydrogens is 378 g/mol. The third kappa shape index (κ3) is 17.8. The van der Waals surface area contributed by atoms with Crippen molar-refractivity contribution in [2.24, 2.45) is 0 Å². The molecule has 1 aromatic carbocycles. The SMILES string of the molecule is CCCCCCCCCCCCCCCC[N+](C)(C)CCOc1ccccc1.[Cl-]. The van der Waals surface area contributed by atoms with E-state index >= 15 is 0 Å². The molecule has 0 saturated heterocycles. The minimum absolute atomic E-state index is 0. The van der Waals surface area contributed by atoms with Gasteiger partial charge in [-0.1, -0.05) is 102 Å². The summed E-state index contributed by atoms with van der Waals surface area (Å²) in [4.78, 5) is 0. The van der Waals surface area contributed by atoms with Gasteiger partial charge in [0.25, 0.3) is 0 Å². The van der Waals surface area contributed by atoms with Gasteiger partial charge in [0.1, 0.15) is 18.9 Å². The van der Waals surface area contributed by atoms with Crippen LogP contribution in [-0.2, 0) is 0 Å². The van der Waals surface area contributed by atoms with Crippen molar-refractivity contribution in [1.29, 1.82) is 0 Å². The van der Waals surface area contributed by atoms with E-state index in [-0.39, 0.29) is 12.4 Å². The third-order valence-electron chi connectivity index (χ3n) is 5.83. The standard InChI is InChI=1S/C26H48NO.ClH/c1-4-5-6-7-8-9-10-11-12-13-14-15-16-20-23-27(2,3)24-25-28-26-21-18-17-19-22-26;/h17-19,21-22H,4-16,20,23-25H2,1-3H3;1H/q+1;/p-1. The molecule has 170 valence electrons. The van der Waals surface area contributed by atoms with Crippen LogP contribution in [0.15, 0.2) is 30.3 Å². The zero-order valence-electron chi connectivity index (χ0n) is 19.6. The number of benzene rings is 1. The minimum Gasteiger partial charge on any atom is -1.00 e. The Morgan fingerprint density at radius 2 is 1.07 bits per heavy atom. The van der Waals surface area contributed by atoms with Crippen LogP contribution in [0.25, 0.3) is 0 Å². The summed E-state index contributed by atoms with van der Waals surface area (Å²) in [6.45, 7) is 5.43. The number of halogens is 1. The Hall–Kier alpha value is -0.730. The van der Waals surface area contributed by atoms with Gasteiger partial charge in [0, 0.05) is 0 Å². The Labute approximate surface area is 188 Å². The van der Waals surface area contributed by atoms with E-state index in [1.807, 2.05) is 30.3 Å². The number of hydrogen-bond donors (Lipinski definition) is 0. The van der Waals surface area contributed by atoms with Crippen molar-refractivity contribution in [3.05, 3.63) is 30.3 Å². The van der Waals surface area contributed by atoms with Crippen molar-refractivity contribution < 1.29 is 21.6 Å². The maximum Gasteiger partial charge on any atom is 0.137 e. The van der Waals surface area contributed by atoms with Crippen LogP contribution in [0.2, 0.25) is 0 Å². The summed E-state index contributed by atoms with van der Waals surface area (Å²) in [7, 11) is 4.66. The second-order valence-corrected chi connectivity index (χ2v) is 9.14. The first kappa shape index (κ1) is 28.3. The molecule has 0 bridgehead atoms. The van der Waals surface area contributed by atoms with Gasteiger partial charge in [0.05, 0.1) is 20.6 Å². The third-order valence-corrected chi connectivity index (χ3v) is 5.83. The van der Waals surface area contributed by atoms with Crippen molar-refractivity contribution in [3.8, 4) is 5.75 Å². The van der Waals surface area contributed by atoms with Crippen molar-refractivity contribution in [1.82, 2.24) is 0 Å². The molecule has 29 heavy (non-hydrogen) atoms. The highest BCUT2D eigenvalue weighted by molar-refractivity contribution is 5.20. The maximum atomic E-state index is 5.85. The van der Waals surface area contributed by atoms with Gasteiger partial charge in [-0.3, -0.25) is 0 Å². The zero-order valence-corrected chi connectivity index (χ0v) is 20.4. The maximum absolute atomic E-state index is 5.85. The first-order valence-corrected chi connectivity index (χ1v) is 12.1. The molecular formula is C26H48ClNO. The molecule has 3 heteroatoms. The lowest BCUT2D eigenvalue weighted by molar-refractivity contribution is -0.890. The quantitative estimate of drug-likeness (QED) is 0.232. The average Bonchev–Trinajstić information content (AvgIpc) is 2.69. The summed E-state index contributed by atoms with van der Waals surface area (Å²) < 4.78 is 6.91. The van der Waals surface area contributed by atoms with Crippen molar-refractivity contribution in [3.63, 3.8) is 0 Å². The second-order valence-electron chi connectivity index (χ2n) is 9.14. The van der Waals surface area contributed by atoms with Gasteiger partial charge < -0.3 is 21.6 Å². The van der Waals surface area contributed by atoms with Gasteiger partial charge in [-0.15, -0.1) is 0 Å². The molecule has 2 nitrogen and oxygen atoms in total. The highest BCUT2D eigenvalue weighted by atomic mass is 35.5. The van der Waals surface area contributed by atoms with E-state index in [4.69, 9.17) is 4.74 Å². The molecule has 0 radical (unpaired) electrons. The van der Waals surface area contributed by atoms with E-state index in [1.165, 1.54) is 96.4 Å². The topological polar surface area (TPSA) is 9.23 Å². The first-order valence-electron chi connectivity index (χ1n) is 12.1. The van der Waals surface area contributed by atoms with Gasteiger partial charge in [0.2, 0.25) is 0 Å². The van der Waals surface area contributed by atoms with Crippen LogP contribution >= 0.6 is 0 Å². The van der Waals surface area contributed by atoms with Crippen LogP contribution in [0.5, 0.6) is 5.75 Å². The Morgan fingerprint density at radius 3 is 1.55 bits per heavy atom. The highest BCUT2D eigenvalue weighted by Crippen LogP contribution is 2.14. The predicted molar refractivity (Wildman–Crippen MR) is 124 cm³/mol. The number of rotatable bonds is 19. The largest absolute Gasteiger partial charge is 1.00 e. The summed E-state index contributed by atoms with van der Waals surface area (Å²) >= 11 is 0. The molecule has 0 saturated carbocycles. The van der Waals surface area contributed by atoms with Gasteiger partial charge in [0.15, 0.2) is 0 Å². The fraction of sp³-hybridized carbons (Fsp3) is 0.769. The molecule has 0 aliphatic carbocycles. The van der Waals surface area contributed by atoms with Gasteiger partial charge in [-0.2, -0.15) is 0 Å². The van der Waals surface area contributed by atoms with E-state index in [0.29, 0.717) is 0 Å². The molecule has 1 rings (SSSR count). The molecule has 0 spiro atoms. The van der Waals surface area contributed by atoms with E-state index in [0.717, 1.165) is 23.4 Å². The Balaban J connectivity index is 0.00000784. The lowest BCUT2D eigenvalue weighted by Crippen LogP contribution is -3.00. The van der Waals surface area contributed by atoms with Crippen LogP contribution in [0.3, 0.4) is 0 Å². The van der Waals surface area contributed by atoms with Crippen LogP contribution in [-0.4, -0.2) is 38.3 Å². The van der Waals surface area contributed by atoms with Gasteiger partial charge in [-0.05, 0) is 25.0 Å². The Kier molecular flexibility index (Phi) is 18.8. The summed E-state index contributed by atoms with van der Waals surface area (Å²) in [6, 6.07) is 10.2. The number of para-hydroxylation sites is 1. The van der Waals surface area contributed by atoms with E-state index in [2.05, 4.69) is 21.0 Å². The number of ether oxygens (including phenoxy) is 1. The molecule has 0 aromatic heterocycles. The summed E-state index contributed by atoms with van der Waals surface area (Å²) in [5, 5.41) is 0. The summed E-state index contributed by atoms with van der Waals surface area (Å²) in [6.07, 6.45) is 20.0. The fourth-order valence-corrected chi connectivity index (χ4v) is 3.77. The summed E-state index contributed by atoms with van der Waals surface area (Å²) in [5.41, 5.74) is 0. The number of likely N-dealkylation sites (N-methyl/N-ethyl adjacent to an activating group) is 1. The Morgan fingerprint density at radius 1 is 0.621 bits per heavy atom. The average molecular weight is 426 g/mol. The second kappa shape index (κ2) is 19.2. The fourth-order valence-electron chi connectivity index (χ4n) is 3.77. The molecule has 0 fully saturated rings. The minimum atomic E-state index is 0. The normalized spacial score (nSPS) is 11.3. The van der Waals surface area contributed by atoms with Crippen LogP contribution in [0.4, 0.5) is 0 Å². The number of hydrogen-bond acceptors (Lipinski definition) is 1. The van der Waals surface area contributed by atoms with Crippen molar-refractivity contribution in [2.75, 3.05) is 33.8 Å². The van der Waals surface area contributed by atoms with Crippen LogP contribution in [0.1, 0.15) is 96.8 Å². The molecule has 0 N–H and O–H groups in total. The van der Waals surface area contributed by atoms with Crippen molar-refractivity contribution in [2.45, 2.75) is 96.8 Å². The Bertz CT molecular complexity index is 449.